The maximum Gasteiger partial charge on any atom is 0.179 e. The highest BCUT2D eigenvalue weighted by Crippen LogP contribution is 2.18. The second-order valence-electron chi connectivity index (χ2n) is 2.97. The van der Waals surface area contributed by atoms with Crippen LogP contribution >= 0.6 is 11.6 Å². The van der Waals surface area contributed by atoms with Crippen LogP contribution in [0.3, 0.4) is 0 Å². The minimum atomic E-state index is -0.0361. The monoisotopic (exact) mass is 197 g/mol. The third kappa shape index (κ3) is 2.22. The molecule has 1 rings (SSSR count). The lowest BCUT2D eigenvalue weighted by molar-refractivity contribution is 0.102. The minimum Gasteiger partial charge on any atom is -0.377 e. The molecule has 1 aromatic rings. The van der Waals surface area contributed by atoms with Crippen LogP contribution in [-0.4, -0.2) is 25.8 Å². The quantitative estimate of drug-likeness (QED) is 0.547. The standard InChI is InChI=1S/C10H12ClNO/c1-12(2)9-6-4-3-5-8(9)10(13)7-11/h3-6H,7H2,1-2H3. The van der Waals surface area contributed by atoms with Crippen LogP contribution in [-0.2, 0) is 0 Å². The number of ketones is 1. The number of hydrogen-bond donors (Lipinski definition) is 0. The molecule has 0 unspecified atom stereocenters. The molecule has 0 amide bonds. The van der Waals surface area contributed by atoms with E-state index in [2.05, 4.69) is 0 Å². The molecule has 0 aromatic heterocycles. The van der Waals surface area contributed by atoms with Gasteiger partial charge in [0.25, 0.3) is 0 Å². The largest absolute Gasteiger partial charge is 0.377 e. The molecule has 13 heavy (non-hydrogen) atoms. The highest BCUT2D eigenvalue weighted by Gasteiger charge is 2.10. The average molecular weight is 198 g/mol. The molecule has 0 atom stereocenters. The number of benzene rings is 1. The second kappa shape index (κ2) is 4.28. The van der Waals surface area contributed by atoms with Gasteiger partial charge in [-0.3, -0.25) is 4.79 Å². The third-order valence-electron chi connectivity index (χ3n) is 1.81. The summed E-state index contributed by atoms with van der Waals surface area (Å²) in [6.45, 7) is 0. The van der Waals surface area contributed by atoms with E-state index in [-0.39, 0.29) is 11.7 Å². The molecular formula is C10H12ClNO. The van der Waals surface area contributed by atoms with Gasteiger partial charge < -0.3 is 4.90 Å². The number of nitrogens with zero attached hydrogens (tertiary/aromatic N) is 1. The average Bonchev–Trinajstić information content (AvgIpc) is 2.16. The van der Waals surface area contributed by atoms with E-state index < -0.39 is 0 Å². The summed E-state index contributed by atoms with van der Waals surface area (Å²) < 4.78 is 0. The molecule has 3 heteroatoms. The summed E-state index contributed by atoms with van der Waals surface area (Å²) >= 11 is 5.50. The third-order valence-corrected chi connectivity index (χ3v) is 2.05. The van der Waals surface area contributed by atoms with Crippen LogP contribution in [0.5, 0.6) is 0 Å². The zero-order valence-corrected chi connectivity index (χ0v) is 8.51. The summed E-state index contributed by atoms with van der Waals surface area (Å²) in [7, 11) is 3.81. The van der Waals surface area contributed by atoms with Gasteiger partial charge >= 0.3 is 0 Å². The van der Waals surface area contributed by atoms with Crippen molar-refractivity contribution >= 4 is 23.1 Å². The Morgan fingerprint density at radius 3 is 2.54 bits per heavy atom. The smallest absolute Gasteiger partial charge is 0.179 e. The van der Waals surface area contributed by atoms with Crippen LogP contribution in [0.4, 0.5) is 5.69 Å². The molecule has 0 heterocycles. The van der Waals surface area contributed by atoms with E-state index in [0.717, 1.165) is 5.69 Å². The molecular weight excluding hydrogens is 186 g/mol. The fourth-order valence-corrected chi connectivity index (χ4v) is 1.32. The van der Waals surface area contributed by atoms with E-state index in [0.29, 0.717) is 5.56 Å². The summed E-state index contributed by atoms with van der Waals surface area (Å²) in [6, 6.07) is 7.44. The van der Waals surface area contributed by atoms with Crippen molar-refractivity contribution in [3.05, 3.63) is 29.8 Å². The molecule has 2 nitrogen and oxygen atoms in total. The van der Waals surface area contributed by atoms with E-state index in [1.54, 1.807) is 6.07 Å². The topological polar surface area (TPSA) is 20.3 Å². The van der Waals surface area contributed by atoms with Crippen molar-refractivity contribution in [2.75, 3.05) is 24.9 Å². The Hall–Kier alpha value is -1.02. The van der Waals surface area contributed by atoms with Gasteiger partial charge in [0.2, 0.25) is 0 Å². The SMILES string of the molecule is CN(C)c1ccccc1C(=O)CCl. The predicted molar refractivity (Wildman–Crippen MR) is 55.8 cm³/mol. The first-order chi connectivity index (χ1) is 6.16. The van der Waals surface area contributed by atoms with E-state index >= 15 is 0 Å². The first-order valence-electron chi connectivity index (χ1n) is 4.02. The number of carbonyl (C=O) groups is 1. The Morgan fingerprint density at radius 2 is 2.00 bits per heavy atom. The first-order valence-corrected chi connectivity index (χ1v) is 4.55. The van der Waals surface area contributed by atoms with Crippen molar-refractivity contribution in [1.82, 2.24) is 0 Å². The highest BCUT2D eigenvalue weighted by molar-refractivity contribution is 6.31. The van der Waals surface area contributed by atoms with E-state index in [1.165, 1.54) is 0 Å². The van der Waals surface area contributed by atoms with Crippen molar-refractivity contribution in [2.45, 2.75) is 0 Å². The number of halogens is 1. The molecule has 0 aliphatic heterocycles. The second-order valence-corrected chi connectivity index (χ2v) is 3.24. The summed E-state index contributed by atoms with van der Waals surface area (Å²) in [4.78, 5) is 13.3. The van der Waals surface area contributed by atoms with Crippen molar-refractivity contribution in [3.8, 4) is 0 Å². The number of Topliss-reactive ketones (excluding diaryl/α,β-unsaturated/α-hetero) is 1. The fourth-order valence-electron chi connectivity index (χ4n) is 1.17. The van der Waals surface area contributed by atoms with Crippen LogP contribution < -0.4 is 4.90 Å². The maximum atomic E-state index is 11.4. The minimum absolute atomic E-state index is 0.0326. The molecule has 0 N–H and O–H groups in total. The van der Waals surface area contributed by atoms with Crippen molar-refractivity contribution < 1.29 is 4.79 Å². The van der Waals surface area contributed by atoms with Crippen LogP contribution in [0.2, 0.25) is 0 Å². The number of carbonyl (C=O) groups excluding carboxylic acids is 1. The summed E-state index contributed by atoms with van der Waals surface area (Å²) in [5, 5.41) is 0. The molecule has 0 saturated heterocycles. The molecule has 0 bridgehead atoms. The van der Waals surface area contributed by atoms with Gasteiger partial charge in [-0.05, 0) is 12.1 Å². The van der Waals surface area contributed by atoms with E-state index in [1.807, 2.05) is 37.2 Å². The highest BCUT2D eigenvalue weighted by atomic mass is 35.5. The lowest BCUT2D eigenvalue weighted by atomic mass is 10.1. The summed E-state index contributed by atoms with van der Waals surface area (Å²) in [5.41, 5.74) is 1.59. The van der Waals surface area contributed by atoms with Crippen molar-refractivity contribution in [3.63, 3.8) is 0 Å². The predicted octanol–water partition coefficient (Wildman–Crippen LogP) is 2.17. The molecule has 0 aliphatic rings. The van der Waals surface area contributed by atoms with Gasteiger partial charge in [-0.15, -0.1) is 11.6 Å². The molecule has 0 fully saturated rings. The Morgan fingerprint density at radius 1 is 1.38 bits per heavy atom. The molecule has 1 aromatic carbocycles. The maximum absolute atomic E-state index is 11.4. The Kier molecular flexibility index (Phi) is 3.32. The lowest BCUT2D eigenvalue weighted by Crippen LogP contribution is -2.14. The molecule has 70 valence electrons. The Bertz CT molecular complexity index is 310. The van der Waals surface area contributed by atoms with Gasteiger partial charge in [0.15, 0.2) is 5.78 Å². The van der Waals surface area contributed by atoms with Gasteiger partial charge in [0.05, 0.1) is 5.88 Å². The number of anilines is 1. The zero-order valence-electron chi connectivity index (χ0n) is 7.75. The van der Waals surface area contributed by atoms with Gasteiger partial charge in [-0.2, -0.15) is 0 Å². The van der Waals surface area contributed by atoms with E-state index in [9.17, 15) is 4.79 Å². The summed E-state index contributed by atoms with van der Waals surface area (Å²) in [6.07, 6.45) is 0. The number of rotatable bonds is 3. The van der Waals surface area contributed by atoms with Gasteiger partial charge in [0, 0.05) is 25.3 Å². The van der Waals surface area contributed by atoms with Gasteiger partial charge in [0.1, 0.15) is 0 Å². The normalized spacial score (nSPS) is 9.77. The number of alkyl halides is 1. The van der Waals surface area contributed by atoms with Crippen LogP contribution in [0.1, 0.15) is 10.4 Å². The van der Waals surface area contributed by atoms with E-state index in [4.69, 9.17) is 11.6 Å². The van der Waals surface area contributed by atoms with Crippen molar-refractivity contribution in [1.29, 1.82) is 0 Å². The Balaban J connectivity index is 3.12. The zero-order chi connectivity index (χ0) is 9.84. The molecule has 0 saturated carbocycles. The van der Waals surface area contributed by atoms with Crippen molar-refractivity contribution in [2.24, 2.45) is 0 Å². The number of para-hydroxylation sites is 1. The Labute approximate surface area is 83.1 Å². The molecule has 0 spiro atoms. The van der Waals surface area contributed by atoms with Gasteiger partial charge in [-0.1, -0.05) is 12.1 Å². The van der Waals surface area contributed by atoms with Gasteiger partial charge in [-0.25, -0.2) is 0 Å². The van der Waals surface area contributed by atoms with Crippen LogP contribution in [0, 0.1) is 0 Å². The summed E-state index contributed by atoms with van der Waals surface area (Å²) in [5.74, 6) is -0.00355. The van der Waals surface area contributed by atoms with Crippen LogP contribution in [0.15, 0.2) is 24.3 Å². The molecule has 0 aliphatic carbocycles. The lowest BCUT2D eigenvalue weighted by Gasteiger charge is -2.15. The van der Waals surface area contributed by atoms with Crippen LogP contribution in [0.25, 0.3) is 0 Å². The fraction of sp³-hybridized carbons (Fsp3) is 0.300. The first kappa shape index (κ1) is 10.1. The molecule has 0 radical (unpaired) electrons. The number of hydrogen-bond acceptors (Lipinski definition) is 2.